The van der Waals surface area contributed by atoms with Crippen LogP contribution in [0.1, 0.15) is 29.6 Å². The number of rotatable bonds is 3. The SMILES string of the molecule is O=C(c1cccc2c1OCO2)N1CCCC[C@@H]1Cn1cccn1. The number of carbonyl (C=O) groups is 1. The van der Waals surface area contributed by atoms with Crippen LogP contribution in [0.3, 0.4) is 0 Å². The van der Waals surface area contributed by atoms with E-state index in [0.29, 0.717) is 17.1 Å². The molecule has 2 aliphatic heterocycles. The van der Waals surface area contributed by atoms with Crippen molar-refractivity contribution in [2.75, 3.05) is 13.3 Å². The number of benzene rings is 1. The van der Waals surface area contributed by atoms with Gasteiger partial charge in [-0.05, 0) is 37.5 Å². The predicted octanol–water partition coefficient (Wildman–Crippen LogP) is 2.31. The van der Waals surface area contributed by atoms with E-state index in [-0.39, 0.29) is 18.7 Å². The number of hydrogen-bond donors (Lipinski definition) is 0. The Bertz CT molecular complexity index is 699. The second-order valence-corrected chi connectivity index (χ2v) is 5.92. The number of piperidine rings is 1. The molecule has 0 N–H and O–H groups in total. The zero-order valence-electron chi connectivity index (χ0n) is 12.9. The molecular formula is C17H19N3O3. The van der Waals surface area contributed by atoms with Crippen molar-refractivity contribution in [3.63, 3.8) is 0 Å². The molecule has 1 saturated heterocycles. The molecular weight excluding hydrogens is 294 g/mol. The molecule has 0 spiro atoms. The lowest BCUT2D eigenvalue weighted by molar-refractivity contribution is 0.0579. The molecule has 3 heterocycles. The van der Waals surface area contributed by atoms with Crippen LogP contribution in [0.15, 0.2) is 36.7 Å². The van der Waals surface area contributed by atoms with Crippen LogP contribution in [0.2, 0.25) is 0 Å². The van der Waals surface area contributed by atoms with Gasteiger partial charge in [0.05, 0.1) is 18.2 Å². The van der Waals surface area contributed by atoms with E-state index >= 15 is 0 Å². The fraction of sp³-hybridized carbons (Fsp3) is 0.412. The highest BCUT2D eigenvalue weighted by Gasteiger charge is 2.31. The first-order valence-corrected chi connectivity index (χ1v) is 8.00. The number of para-hydroxylation sites is 1. The Balaban J connectivity index is 1.59. The Kier molecular flexibility index (Phi) is 3.65. The average molecular weight is 313 g/mol. The molecule has 4 rings (SSSR count). The summed E-state index contributed by atoms with van der Waals surface area (Å²) in [6.45, 7) is 1.68. The Hall–Kier alpha value is -2.50. The van der Waals surface area contributed by atoms with Crippen LogP contribution in [0.25, 0.3) is 0 Å². The molecule has 0 aliphatic carbocycles. The Labute approximate surface area is 134 Å². The lowest BCUT2D eigenvalue weighted by Crippen LogP contribution is -2.46. The third-order valence-electron chi connectivity index (χ3n) is 4.47. The summed E-state index contributed by atoms with van der Waals surface area (Å²) in [4.78, 5) is 15.0. The van der Waals surface area contributed by atoms with Gasteiger partial charge in [-0.3, -0.25) is 9.48 Å². The fourth-order valence-corrected chi connectivity index (χ4v) is 3.34. The first-order valence-electron chi connectivity index (χ1n) is 8.00. The van der Waals surface area contributed by atoms with Crippen LogP contribution >= 0.6 is 0 Å². The van der Waals surface area contributed by atoms with Crippen molar-refractivity contribution in [1.29, 1.82) is 0 Å². The maximum absolute atomic E-state index is 13.1. The minimum atomic E-state index is 0.0178. The largest absolute Gasteiger partial charge is 0.454 e. The molecule has 1 amide bonds. The number of carbonyl (C=O) groups excluding carboxylic acids is 1. The molecule has 6 heteroatoms. The number of hydrogen-bond acceptors (Lipinski definition) is 4. The molecule has 1 atom stereocenters. The summed E-state index contributed by atoms with van der Waals surface area (Å²) in [6.07, 6.45) is 6.88. The van der Waals surface area contributed by atoms with Gasteiger partial charge in [0, 0.05) is 18.9 Å². The molecule has 1 aromatic carbocycles. The summed E-state index contributed by atoms with van der Waals surface area (Å²) in [7, 11) is 0. The van der Waals surface area contributed by atoms with Gasteiger partial charge in [0.1, 0.15) is 0 Å². The second-order valence-electron chi connectivity index (χ2n) is 5.92. The van der Waals surface area contributed by atoms with E-state index in [0.717, 1.165) is 32.4 Å². The minimum Gasteiger partial charge on any atom is -0.454 e. The summed E-state index contributed by atoms with van der Waals surface area (Å²) in [5.74, 6) is 1.24. The van der Waals surface area contributed by atoms with Gasteiger partial charge in [0.25, 0.3) is 5.91 Å². The van der Waals surface area contributed by atoms with Crippen LogP contribution in [0, 0.1) is 0 Å². The van der Waals surface area contributed by atoms with E-state index in [4.69, 9.17) is 9.47 Å². The number of aromatic nitrogens is 2. The van der Waals surface area contributed by atoms with Gasteiger partial charge >= 0.3 is 0 Å². The van der Waals surface area contributed by atoms with E-state index in [1.165, 1.54) is 0 Å². The number of amides is 1. The normalized spacial score (nSPS) is 19.8. The van der Waals surface area contributed by atoms with E-state index in [1.807, 2.05) is 40.0 Å². The lowest BCUT2D eigenvalue weighted by atomic mass is 10.0. The molecule has 6 nitrogen and oxygen atoms in total. The smallest absolute Gasteiger partial charge is 0.258 e. The first-order chi connectivity index (χ1) is 11.3. The van der Waals surface area contributed by atoms with Crippen LogP contribution in [-0.2, 0) is 6.54 Å². The zero-order valence-corrected chi connectivity index (χ0v) is 12.9. The Morgan fingerprint density at radius 3 is 3.09 bits per heavy atom. The molecule has 120 valence electrons. The highest BCUT2D eigenvalue weighted by molar-refractivity contribution is 5.98. The monoisotopic (exact) mass is 313 g/mol. The maximum Gasteiger partial charge on any atom is 0.258 e. The van der Waals surface area contributed by atoms with Crippen molar-refractivity contribution in [2.45, 2.75) is 31.8 Å². The van der Waals surface area contributed by atoms with Gasteiger partial charge in [-0.1, -0.05) is 6.07 Å². The van der Waals surface area contributed by atoms with Crippen molar-refractivity contribution in [1.82, 2.24) is 14.7 Å². The van der Waals surface area contributed by atoms with Crippen molar-refractivity contribution >= 4 is 5.91 Å². The van der Waals surface area contributed by atoms with Crippen molar-refractivity contribution < 1.29 is 14.3 Å². The summed E-state index contributed by atoms with van der Waals surface area (Å²) in [5.41, 5.74) is 0.590. The fourth-order valence-electron chi connectivity index (χ4n) is 3.34. The summed E-state index contributed by atoms with van der Waals surface area (Å²) >= 11 is 0. The molecule has 2 aliphatic rings. The highest BCUT2D eigenvalue weighted by Crippen LogP contribution is 2.36. The molecule has 0 saturated carbocycles. The van der Waals surface area contributed by atoms with Crippen LogP contribution in [-0.4, -0.2) is 40.0 Å². The second kappa shape index (κ2) is 5.95. The van der Waals surface area contributed by atoms with E-state index < -0.39 is 0 Å². The number of likely N-dealkylation sites (tertiary alicyclic amines) is 1. The van der Waals surface area contributed by atoms with Crippen molar-refractivity contribution in [3.05, 3.63) is 42.2 Å². The van der Waals surface area contributed by atoms with Gasteiger partial charge in [-0.2, -0.15) is 5.10 Å². The highest BCUT2D eigenvalue weighted by atomic mass is 16.7. The van der Waals surface area contributed by atoms with E-state index in [2.05, 4.69) is 5.10 Å². The number of ether oxygens (including phenoxy) is 2. The molecule has 1 fully saturated rings. The topological polar surface area (TPSA) is 56.6 Å². The van der Waals surface area contributed by atoms with Crippen molar-refractivity contribution in [2.24, 2.45) is 0 Å². The molecule has 0 unspecified atom stereocenters. The lowest BCUT2D eigenvalue weighted by Gasteiger charge is -2.36. The third kappa shape index (κ3) is 2.65. The Morgan fingerprint density at radius 2 is 2.22 bits per heavy atom. The van der Waals surface area contributed by atoms with Crippen LogP contribution in [0.4, 0.5) is 0 Å². The minimum absolute atomic E-state index is 0.0178. The van der Waals surface area contributed by atoms with Crippen LogP contribution < -0.4 is 9.47 Å². The zero-order chi connectivity index (χ0) is 15.6. The number of fused-ring (bicyclic) bond motifs is 1. The van der Waals surface area contributed by atoms with E-state index in [1.54, 1.807) is 6.20 Å². The molecule has 0 radical (unpaired) electrons. The average Bonchev–Trinajstić information content (AvgIpc) is 3.25. The van der Waals surface area contributed by atoms with Gasteiger partial charge < -0.3 is 14.4 Å². The Morgan fingerprint density at radius 1 is 1.26 bits per heavy atom. The maximum atomic E-state index is 13.1. The molecule has 1 aromatic heterocycles. The van der Waals surface area contributed by atoms with Crippen LogP contribution in [0.5, 0.6) is 11.5 Å². The van der Waals surface area contributed by atoms with Crippen molar-refractivity contribution in [3.8, 4) is 11.5 Å². The van der Waals surface area contributed by atoms with Gasteiger partial charge in [-0.25, -0.2) is 0 Å². The summed E-state index contributed by atoms with van der Waals surface area (Å²) < 4.78 is 12.8. The molecule has 2 aromatic rings. The van der Waals surface area contributed by atoms with Gasteiger partial charge in [0.2, 0.25) is 6.79 Å². The third-order valence-corrected chi connectivity index (χ3v) is 4.47. The first kappa shape index (κ1) is 14.1. The summed E-state index contributed by atoms with van der Waals surface area (Å²) in [5, 5.41) is 4.27. The van der Waals surface area contributed by atoms with Gasteiger partial charge in [-0.15, -0.1) is 0 Å². The quantitative estimate of drug-likeness (QED) is 0.872. The van der Waals surface area contributed by atoms with E-state index in [9.17, 15) is 4.79 Å². The number of nitrogens with zero attached hydrogens (tertiary/aromatic N) is 3. The molecule has 23 heavy (non-hydrogen) atoms. The summed E-state index contributed by atoms with van der Waals surface area (Å²) in [6, 6.07) is 7.55. The molecule has 0 bridgehead atoms. The standard InChI is InChI=1S/C17H19N3O3/c21-17(14-6-3-7-15-16(14)23-12-22-15)20-10-2-1-5-13(20)11-19-9-4-8-18-19/h3-4,6-9,13H,1-2,5,10-12H2/t13-/m1/s1. The predicted molar refractivity (Wildman–Crippen MR) is 83.5 cm³/mol. The van der Waals surface area contributed by atoms with Gasteiger partial charge in [0.15, 0.2) is 11.5 Å².